The van der Waals surface area contributed by atoms with E-state index in [9.17, 15) is 10.1 Å². The number of aryl methyl sites for hydroxylation is 3. The highest BCUT2D eigenvalue weighted by Gasteiger charge is 2.15. The lowest BCUT2D eigenvalue weighted by atomic mass is 10.1. The number of hydrogen-bond donors (Lipinski definition) is 1. The zero-order chi connectivity index (χ0) is 25.4. The standard InChI is InChI=1S/C29H29IN2O3/c1-5-21-9-11-25(12-10-21)32-29(33)24(17-31)14-23-15-26(30)28(27(16-23)34-6-2)35-18-22-8-7-19(3)20(4)13-22/h7-16H,5-6,18H2,1-4H3,(H,32,33)/b24-14+. The van der Waals surface area contributed by atoms with E-state index in [0.29, 0.717) is 36.0 Å². The Bertz CT molecular complexity index is 1270. The molecule has 0 aliphatic carbocycles. The maximum Gasteiger partial charge on any atom is 0.266 e. The summed E-state index contributed by atoms with van der Waals surface area (Å²) in [5.41, 5.74) is 6.05. The molecule has 35 heavy (non-hydrogen) atoms. The number of anilines is 1. The number of halogens is 1. The van der Waals surface area contributed by atoms with E-state index in [-0.39, 0.29) is 5.57 Å². The average Bonchev–Trinajstić information content (AvgIpc) is 2.84. The van der Waals surface area contributed by atoms with Gasteiger partial charge in [-0.05, 0) is 108 Å². The molecule has 180 valence electrons. The highest BCUT2D eigenvalue weighted by Crippen LogP contribution is 2.35. The van der Waals surface area contributed by atoms with Gasteiger partial charge >= 0.3 is 0 Å². The Balaban J connectivity index is 1.82. The molecule has 0 saturated carbocycles. The summed E-state index contributed by atoms with van der Waals surface area (Å²) in [6.45, 7) is 9.01. The van der Waals surface area contributed by atoms with Gasteiger partial charge in [-0.1, -0.05) is 37.3 Å². The molecular weight excluding hydrogens is 551 g/mol. The second-order valence-corrected chi connectivity index (χ2v) is 9.31. The van der Waals surface area contributed by atoms with Crippen LogP contribution < -0.4 is 14.8 Å². The molecule has 0 aliphatic heterocycles. The fraction of sp³-hybridized carbons (Fsp3) is 0.241. The van der Waals surface area contributed by atoms with Crippen LogP contribution in [0.2, 0.25) is 0 Å². The van der Waals surface area contributed by atoms with Crippen molar-refractivity contribution < 1.29 is 14.3 Å². The molecule has 5 nitrogen and oxygen atoms in total. The second kappa shape index (κ2) is 12.4. The Kier molecular flexibility index (Phi) is 9.32. The maximum absolute atomic E-state index is 12.7. The highest BCUT2D eigenvalue weighted by molar-refractivity contribution is 14.1. The van der Waals surface area contributed by atoms with Crippen molar-refractivity contribution in [2.45, 2.75) is 40.7 Å². The van der Waals surface area contributed by atoms with Crippen molar-refractivity contribution >= 4 is 40.3 Å². The van der Waals surface area contributed by atoms with Crippen molar-refractivity contribution in [1.82, 2.24) is 0 Å². The fourth-order valence-electron chi connectivity index (χ4n) is 3.46. The zero-order valence-electron chi connectivity index (χ0n) is 20.4. The van der Waals surface area contributed by atoms with Crippen LogP contribution in [0.1, 0.15) is 41.7 Å². The number of carbonyl (C=O) groups excluding carboxylic acids is 1. The van der Waals surface area contributed by atoms with Gasteiger partial charge in [0.2, 0.25) is 0 Å². The van der Waals surface area contributed by atoms with Crippen LogP contribution in [0.25, 0.3) is 6.08 Å². The number of nitrogens with one attached hydrogen (secondary N) is 1. The molecule has 0 atom stereocenters. The molecule has 3 aromatic carbocycles. The van der Waals surface area contributed by atoms with E-state index in [2.05, 4.69) is 66.9 Å². The lowest BCUT2D eigenvalue weighted by molar-refractivity contribution is -0.112. The predicted octanol–water partition coefficient (Wildman–Crippen LogP) is 6.99. The molecule has 0 fully saturated rings. The minimum atomic E-state index is -0.459. The third-order valence-electron chi connectivity index (χ3n) is 5.58. The molecule has 0 heterocycles. The van der Waals surface area contributed by atoms with E-state index < -0.39 is 5.91 Å². The molecule has 3 rings (SSSR count). The van der Waals surface area contributed by atoms with Crippen LogP contribution in [0.15, 0.2) is 60.2 Å². The van der Waals surface area contributed by atoms with Gasteiger partial charge in [-0.15, -0.1) is 0 Å². The van der Waals surface area contributed by atoms with Crippen molar-refractivity contribution in [3.05, 3.63) is 91.6 Å². The molecule has 0 saturated heterocycles. The normalized spacial score (nSPS) is 11.0. The summed E-state index contributed by atoms with van der Waals surface area (Å²) in [7, 11) is 0. The fourth-order valence-corrected chi connectivity index (χ4v) is 4.24. The van der Waals surface area contributed by atoms with Crippen LogP contribution in [0.5, 0.6) is 11.5 Å². The Morgan fingerprint density at radius 1 is 1.00 bits per heavy atom. The number of nitrogens with zero attached hydrogens (tertiary/aromatic N) is 1. The monoisotopic (exact) mass is 580 g/mol. The number of hydrogen-bond acceptors (Lipinski definition) is 4. The third-order valence-corrected chi connectivity index (χ3v) is 6.38. The minimum Gasteiger partial charge on any atom is -0.490 e. The van der Waals surface area contributed by atoms with E-state index in [0.717, 1.165) is 15.6 Å². The van der Waals surface area contributed by atoms with Crippen molar-refractivity contribution in [2.75, 3.05) is 11.9 Å². The van der Waals surface area contributed by atoms with Crippen molar-refractivity contribution in [3.63, 3.8) is 0 Å². The number of ether oxygens (including phenoxy) is 2. The molecular formula is C29H29IN2O3. The number of nitriles is 1. The summed E-state index contributed by atoms with van der Waals surface area (Å²) in [5, 5.41) is 12.4. The topological polar surface area (TPSA) is 71.3 Å². The van der Waals surface area contributed by atoms with E-state index >= 15 is 0 Å². The summed E-state index contributed by atoms with van der Waals surface area (Å²) in [6, 6.07) is 19.5. The van der Waals surface area contributed by atoms with Crippen LogP contribution in [0, 0.1) is 28.7 Å². The summed E-state index contributed by atoms with van der Waals surface area (Å²) < 4.78 is 12.8. The lowest BCUT2D eigenvalue weighted by Crippen LogP contribution is -2.13. The molecule has 6 heteroatoms. The predicted molar refractivity (Wildman–Crippen MR) is 149 cm³/mol. The Morgan fingerprint density at radius 2 is 1.71 bits per heavy atom. The molecule has 3 aromatic rings. The average molecular weight is 580 g/mol. The number of benzene rings is 3. The summed E-state index contributed by atoms with van der Waals surface area (Å²) in [4.78, 5) is 12.7. The minimum absolute atomic E-state index is 0.00613. The van der Waals surface area contributed by atoms with Gasteiger partial charge < -0.3 is 14.8 Å². The zero-order valence-corrected chi connectivity index (χ0v) is 22.6. The van der Waals surface area contributed by atoms with Crippen molar-refractivity contribution in [2.24, 2.45) is 0 Å². The second-order valence-electron chi connectivity index (χ2n) is 8.14. The van der Waals surface area contributed by atoms with Gasteiger partial charge in [-0.2, -0.15) is 5.26 Å². The first kappa shape index (κ1) is 26.3. The SMILES string of the molecule is CCOc1cc(/C=C(\C#N)C(=O)Nc2ccc(CC)cc2)cc(I)c1OCc1ccc(C)c(C)c1. The van der Waals surface area contributed by atoms with Crippen molar-refractivity contribution in [1.29, 1.82) is 5.26 Å². The smallest absolute Gasteiger partial charge is 0.266 e. The molecule has 0 radical (unpaired) electrons. The highest BCUT2D eigenvalue weighted by atomic mass is 127. The van der Waals surface area contributed by atoms with Gasteiger partial charge in [0.05, 0.1) is 10.2 Å². The molecule has 0 spiro atoms. The molecule has 0 unspecified atom stereocenters. The van der Waals surface area contributed by atoms with Crippen LogP contribution in [0.3, 0.4) is 0 Å². The van der Waals surface area contributed by atoms with E-state index in [1.54, 1.807) is 12.1 Å². The number of amides is 1. The Morgan fingerprint density at radius 3 is 2.34 bits per heavy atom. The van der Waals surface area contributed by atoms with Gasteiger partial charge in [0.25, 0.3) is 5.91 Å². The summed E-state index contributed by atoms with van der Waals surface area (Å²) in [6.07, 6.45) is 2.48. The molecule has 0 bridgehead atoms. The van der Waals surface area contributed by atoms with Gasteiger partial charge in [0.1, 0.15) is 18.2 Å². The van der Waals surface area contributed by atoms with Crippen molar-refractivity contribution in [3.8, 4) is 17.6 Å². The van der Waals surface area contributed by atoms with Crippen LogP contribution in [-0.4, -0.2) is 12.5 Å². The van der Waals surface area contributed by atoms with Crippen LogP contribution in [0.4, 0.5) is 5.69 Å². The van der Waals surface area contributed by atoms with Gasteiger partial charge in [-0.25, -0.2) is 0 Å². The van der Waals surface area contributed by atoms with Gasteiger partial charge in [-0.3, -0.25) is 4.79 Å². The Hall–Kier alpha value is -3.31. The number of carbonyl (C=O) groups is 1. The maximum atomic E-state index is 12.7. The molecule has 1 amide bonds. The van der Waals surface area contributed by atoms with Gasteiger partial charge in [0, 0.05) is 5.69 Å². The quantitative estimate of drug-likeness (QED) is 0.168. The molecule has 1 N–H and O–H groups in total. The van der Waals surface area contributed by atoms with Crippen LogP contribution in [-0.2, 0) is 17.8 Å². The third kappa shape index (κ3) is 7.09. The molecule has 0 aromatic heterocycles. The number of rotatable bonds is 9. The van der Waals surface area contributed by atoms with E-state index in [4.69, 9.17) is 9.47 Å². The van der Waals surface area contributed by atoms with Gasteiger partial charge in [0.15, 0.2) is 11.5 Å². The first-order valence-electron chi connectivity index (χ1n) is 11.5. The van der Waals surface area contributed by atoms with E-state index in [1.807, 2.05) is 43.3 Å². The first-order valence-corrected chi connectivity index (χ1v) is 12.6. The molecule has 0 aliphatic rings. The van der Waals surface area contributed by atoms with Crippen LogP contribution >= 0.6 is 22.6 Å². The lowest BCUT2D eigenvalue weighted by Gasteiger charge is -2.15. The Labute approximate surface area is 220 Å². The first-order chi connectivity index (χ1) is 16.8. The summed E-state index contributed by atoms with van der Waals surface area (Å²) >= 11 is 2.19. The largest absolute Gasteiger partial charge is 0.490 e. The summed E-state index contributed by atoms with van der Waals surface area (Å²) in [5.74, 6) is 0.754. The van der Waals surface area contributed by atoms with E-state index in [1.165, 1.54) is 16.7 Å².